The molecule has 0 N–H and O–H groups in total. The molecular weight excluding hydrogens is 259 g/mol. The van der Waals surface area contributed by atoms with Gasteiger partial charge in [-0.3, -0.25) is 0 Å². The zero-order valence-electron chi connectivity index (χ0n) is 8.68. The number of hydrogen-bond donors (Lipinski definition) is 0. The van der Waals surface area contributed by atoms with Crippen LogP contribution in [0.4, 0.5) is 5.69 Å². The molecule has 0 spiro atoms. The zero-order valence-corrected chi connectivity index (χ0v) is 10.2. The first kappa shape index (κ1) is 13.3. The quantitative estimate of drug-likeness (QED) is 0.775. The van der Waals surface area contributed by atoms with Crippen LogP contribution in [0.5, 0.6) is 11.5 Å². The predicted octanol–water partition coefficient (Wildman–Crippen LogP) is 1.62. The molecule has 0 bridgehead atoms. The molecule has 0 amide bonds. The van der Waals surface area contributed by atoms with Gasteiger partial charge < -0.3 is 17.1 Å². The highest BCUT2D eigenvalue weighted by atomic mass is 35.5. The van der Waals surface area contributed by atoms with Crippen LogP contribution >= 0.6 is 11.6 Å². The van der Waals surface area contributed by atoms with Crippen molar-refractivity contribution in [3.05, 3.63) is 58.5 Å². The Bertz CT molecular complexity index is 535. The fraction of sp³-hybridized carbons (Fsp3) is 0. The molecule has 86 valence electrons. The standard InChI is InChI=1S/C12H8ClN2O.ClH/c13-9-4-6-11(7-5-9)16-12-3-1-2-10(8-12)15-14;/h1-8H;1H/q+1;/p-1. The van der Waals surface area contributed by atoms with Crippen LogP contribution in [-0.2, 0) is 0 Å². The summed E-state index contributed by atoms with van der Waals surface area (Å²) in [6.45, 7) is 0. The van der Waals surface area contributed by atoms with Gasteiger partial charge in [-0.2, -0.15) is 0 Å². The Morgan fingerprint density at radius 1 is 1.00 bits per heavy atom. The average Bonchev–Trinajstić information content (AvgIpc) is 2.32. The van der Waals surface area contributed by atoms with Crippen molar-refractivity contribution in [1.29, 1.82) is 5.39 Å². The minimum atomic E-state index is 0. The first-order valence-electron chi connectivity index (χ1n) is 4.66. The van der Waals surface area contributed by atoms with Crippen molar-refractivity contribution >= 4 is 17.3 Å². The second kappa shape index (κ2) is 6.09. The first-order valence-corrected chi connectivity index (χ1v) is 5.04. The van der Waals surface area contributed by atoms with Crippen LogP contribution < -0.4 is 17.1 Å². The molecular formula is C12H8Cl2N2O. The van der Waals surface area contributed by atoms with Crippen LogP contribution in [0.1, 0.15) is 0 Å². The summed E-state index contributed by atoms with van der Waals surface area (Å²) in [6, 6.07) is 13.9. The number of benzene rings is 2. The Hall–Kier alpha value is -1.76. The third-order valence-corrected chi connectivity index (χ3v) is 2.23. The molecule has 0 saturated carbocycles. The highest BCUT2D eigenvalue weighted by Crippen LogP contribution is 2.26. The maximum atomic E-state index is 8.62. The van der Waals surface area contributed by atoms with Gasteiger partial charge in [0.25, 0.3) is 0 Å². The number of halogens is 2. The number of diazo groups is 1. The highest BCUT2D eigenvalue weighted by molar-refractivity contribution is 6.30. The van der Waals surface area contributed by atoms with Gasteiger partial charge in [-0.15, -0.1) is 0 Å². The Morgan fingerprint density at radius 2 is 1.71 bits per heavy atom. The molecule has 0 aliphatic heterocycles. The summed E-state index contributed by atoms with van der Waals surface area (Å²) in [4.78, 5) is 3.09. The molecule has 0 fully saturated rings. The number of rotatable bonds is 2. The van der Waals surface area contributed by atoms with E-state index in [1.165, 1.54) is 0 Å². The van der Waals surface area contributed by atoms with Crippen molar-refractivity contribution in [2.24, 2.45) is 0 Å². The molecule has 0 heterocycles. The summed E-state index contributed by atoms with van der Waals surface area (Å²) < 4.78 is 5.55. The lowest BCUT2D eigenvalue weighted by atomic mass is 10.3. The van der Waals surface area contributed by atoms with Gasteiger partial charge in [0.05, 0.1) is 6.07 Å². The van der Waals surface area contributed by atoms with E-state index in [0.29, 0.717) is 22.2 Å². The molecule has 2 rings (SSSR count). The molecule has 2 aromatic carbocycles. The van der Waals surface area contributed by atoms with Gasteiger partial charge in [0.15, 0.2) is 4.98 Å². The monoisotopic (exact) mass is 266 g/mol. The maximum absolute atomic E-state index is 8.62. The second-order valence-electron chi connectivity index (χ2n) is 3.15. The lowest BCUT2D eigenvalue weighted by Gasteiger charge is -2.03. The van der Waals surface area contributed by atoms with E-state index in [1.54, 1.807) is 48.5 Å². The molecule has 0 aliphatic carbocycles. The molecule has 0 aromatic heterocycles. The van der Waals surface area contributed by atoms with Crippen molar-refractivity contribution in [2.45, 2.75) is 0 Å². The van der Waals surface area contributed by atoms with E-state index in [4.69, 9.17) is 21.7 Å². The predicted molar refractivity (Wildman–Crippen MR) is 62.7 cm³/mol. The van der Waals surface area contributed by atoms with E-state index in [1.807, 2.05) is 0 Å². The van der Waals surface area contributed by atoms with Crippen molar-refractivity contribution < 1.29 is 17.1 Å². The minimum Gasteiger partial charge on any atom is -1.00 e. The van der Waals surface area contributed by atoms with Gasteiger partial charge in [0.2, 0.25) is 5.39 Å². The van der Waals surface area contributed by atoms with E-state index >= 15 is 0 Å². The normalized spacial score (nSPS) is 8.94. The summed E-state index contributed by atoms with van der Waals surface area (Å²) in [5.74, 6) is 1.29. The smallest absolute Gasteiger partial charge is 0.388 e. The summed E-state index contributed by atoms with van der Waals surface area (Å²) in [6.07, 6.45) is 0. The summed E-state index contributed by atoms with van der Waals surface area (Å²) in [5, 5.41) is 9.28. The Kier molecular flexibility index (Phi) is 4.77. The van der Waals surface area contributed by atoms with Crippen LogP contribution in [0, 0.1) is 5.39 Å². The lowest BCUT2D eigenvalue weighted by molar-refractivity contribution is -0.00000385. The van der Waals surface area contributed by atoms with Crippen molar-refractivity contribution in [1.82, 2.24) is 0 Å². The molecule has 17 heavy (non-hydrogen) atoms. The second-order valence-corrected chi connectivity index (χ2v) is 3.59. The van der Waals surface area contributed by atoms with E-state index in [2.05, 4.69) is 4.98 Å². The molecule has 0 aliphatic rings. The molecule has 0 radical (unpaired) electrons. The molecule has 0 unspecified atom stereocenters. The number of hydrogen-bond acceptors (Lipinski definition) is 2. The van der Waals surface area contributed by atoms with E-state index in [9.17, 15) is 0 Å². The molecule has 0 atom stereocenters. The Balaban J connectivity index is 0.00000144. The Labute approximate surface area is 110 Å². The van der Waals surface area contributed by atoms with Crippen LogP contribution in [0.2, 0.25) is 5.02 Å². The number of nitrogens with zero attached hydrogens (tertiary/aromatic N) is 2. The minimum absolute atomic E-state index is 0. The van der Waals surface area contributed by atoms with Crippen molar-refractivity contribution in [3.8, 4) is 11.5 Å². The zero-order chi connectivity index (χ0) is 11.4. The highest BCUT2D eigenvalue weighted by Gasteiger charge is 2.05. The molecule has 0 saturated heterocycles. The third-order valence-electron chi connectivity index (χ3n) is 1.98. The molecule has 2 aromatic rings. The van der Waals surface area contributed by atoms with Gasteiger partial charge in [0.1, 0.15) is 11.5 Å². The lowest BCUT2D eigenvalue weighted by Crippen LogP contribution is -3.00. The van der Waals surface area contributed by atoms with Gasteiger partial charge in [-0.05, 0) is 30.3 Å². The van der Waals surface area contributed by atoms with E-state index in [-0.39, 0.29) is 12.4 Å². The third kappa shape index (κ3) is 3.63. The maximum Gasteiger partial charge on any atom is 0.388 e. The topological polar surface area (TPSA) is 37.4 Å². The van der Waals surface area contributed by atoms with Crippen LogP contribution in [0.25, 0.3) is 4.98 Å². The van der Waals surface area contributed by atoms with E-state index < -0.39 is 0 Å². The largest absolute Gasteiger partial charge is 1.00 e. The van der Waals surface area contributed by atoms with Gasteiger partial charge in [-0.1, -0.05) is 17.7 Å². The summed E-state index contributed by atoms with van der Waals surface area (Å²) in [7, 11) is 0. The fourth-order valence-corrected chi connectivity index (χ4v) is 1.37. The number of ether oxygens (including phenoxy) is 1. The van der Waals surface area contributed by atoms with Gasteiger partial charge >= 0.3 is 5.69 Å². The van der Waals surface area contributed by atoms with Crippen LogP contribution in [-0.4, -0.2) is 0 Å². The Morgan fingerprint density at radius 3 is 2.35 bits per heavy atom. The van der Waals surface area contributed by atoms with Gasteiger partial charge in [-0.25, -0.2) is 0 Å². The SMILES string of the molecule is N#[N+]c1cccc(Oc2ccc(Cl)cc2)c1.[Cl-]. The summed E-state index contributed by atoms with van der Waals surface area (Å²) >= 11 is 5.76. The average molecular weight is 267 g/mol. The van der Waals surface area contributed by atoms with Crippen molar-refractivity contribution in [3.63, 3.8) is 0 Å². The molecule has 5 heteroatoms. The first-order chi connectivity index (χ1) is 7.78. The van der Waals surface area contributed by atoms with Gasteiger partial charge in [0, 0.05) is 11.1 Å². The summed E-state index contributed by atoms with van der Waals surface area (Å²) in [5.41, 5.74) is 0.450. The van der Waals surface area contributed by atoms with Crippen LogP contribution in [0.3, 0.4) is 0 Å². The van der Waals surface area contributed by atoms with E-state index in [0.717, 1.165) is 0 Å². The van der Waals surface area contributed by atoms with Crippen LogP contribution in [0.15, 0.2) is 48.5 Å². The fourth-order valence-electron chi connectivity index (χ4n) is 1.25. The molecule has 3 nitrogen and oxygen atoms in total. The van der Waals surface area contributed by atoms with Crippen molar-refractivity contribution in [2.75, 3.05) is 0 Å².